The van der Waals surface area contributed by atoms with Gasteiger partial charge in [0.2, 0.25) is 11.7 Å². The number of amides is 1. The van der Waals surface area contributed by atoms with Gasteiger partial charge >= 0.3 is 0 Å². The highest BCUT2D eigenvalue weighted by Gasteiger charge is 2.19. The van der Waals surface area contributed by atoms with E-state index in [4.69, 9.17) is 19.5 Å². The van der Waals surface area contributed by atoms with Gasteiger partial charge in [0.05, 0.1) is 31.6 Å². The number of sulfone groups is 1. The highest BCUT2D eigenvalue weighted by Crippen LogP contribution is 2.36. The van der Waals surface area contributed by atoms with Gasteiger partial charge in [-0.25, -0.2) is 8.42 Å². The minimum absolute atomic E-state index is 0.172. The van der Waals surface area contributed by atoms with Crippen LogP contribution in [0.1, 0.15) is 11.1 Å². The summed E-state index contributed by atoms with van der Waals surface area (Å²) in [6.07, 6.45) is -1.08. The topological polar surface area (TPSA) is 135 Å². The number of ether oxygens (including phenoxy) is 3. The molecule has 0 bridgehead atoms. The first-order valence-corrected chi connectivity index (χ1v) is 11.1. The van der Waals surface area contributed by atoms with Crippen molar-refractivity contribution in [2.45, 2.75) is 11.9 Å². The van der Waals surface area contributed by atoms with Gasteiger partial charge in [0, 0.05) is 6.54 Å². The number of methoxy groups -OCH3 is 2. The van der Waals surface area contributed by atoms with Crippen molar-refractivity contribution in [3.05, 3.63) is 53.6 Å². The molecule has 0 heterocycles. The van der Waals surface area contributed by atoms with Crippen LogP contribution in [0.2, 0.25) is 0 Å². The maximum atomic E-state index is 12.2. The second-order valence-electron chi connectivity index (χ2n) is 6.60. The van der Waals surface area contributed by atoms with Crippen molar-refractivity contribution in [1.82, 2.24) is 5.32 Å². The fourth-order valence-corrected chi connectivity index (χ4v) is 3.96. The van der Waals surface area contributed by atoms with Gasteiger partial charge in [-0.05, 0) is 29.8 Å². The average Bonchev–Trinajstić information content (AvgIpc) is 2.75. The molecule has 0 aliphatic heterocycles. The number of aliphatic hydroxyl groups excluding tert-OH is 1. The molecule has 0 saturated heterocycles. The molecule has 1 amide bonds. The number of nitrogens with one attached hydrogen (secondary N) is 1. The van der Waals surface area contributed by atoms with Crippen molar-refractivity contribution in [3.8, 4) is 23.3 Å². The lowest BCUT2D eigenvalue weighted by atomic mass is 10.2. The summed E-state index contributed by atoms with van der Waals surface area (Å²) in [5.41, 5.74) is 0.895. The maximum Gasteiger partial charge on any atom is 0.235 e. The first-order chi connectivity index (χ1) is 14.8. The van der Waals surface area contributed by atoms with Crippen molar-refractivity contribution in [2.75, 3.05) is 33.1 Å². The van der Waals surface area contributed by atoms with Crippen LogP contribution in [0.15, 0.2) is 42.5 Å². The maximum absolute atomic E-state index is 12.2. The number of rotatable bonds is 11. The molecular weight excluding hydrogens is 424 g/mol. The van der Waals surface area contributed by atoms with Crippen molar-refractivity contribution in [3.63, 3.8) is 0 Å². The van der Waals surface area contributed by atoms with E-state index in [2.05, 4.69) is 5.32 Å². The molecule has 2 N–H and O–H groups in total. The molecule has 31 heavy (non-hydrogen) atoms. The van der Waals surface area contributed by atoms with Crippen molar-refractivity contribution in [1.29, 1.82) is 5.26 Å². The van der Waals surface area contributed by atoms with E-state index in [0.717, 1.165) is 0 Å². The molecule has 9 nitrogen and oxygen atoms in total. The summed E-state index contributed by atoms with van der Waals surface area (Å²) in [6.45, 7) is -0.363. The van der Waals surface area contributed by atoms with E-state index in [0.29, 0.717) is 28.4 Å². The summed E-state index contributed by atoms with van der Waals surface area (Å²) < 4.78 is 40.4. The molecule has 0 saturated carbocycles. The van der Waals surface area contributed by atoms with Crippen LogP contribution in [-0.4, -0.2) is 58.7 Å². The van der Waals surface area contributed by atoms with Crippen molar-refractivity contribution in [2.24, 2.45) is 0 Å². The van der Waals surface area contributed by atoms with E-state index in [-0.39, 0.29) is 18.9 Å². The summed E-state index contributed by atoms with van der Waals surface area (Å²) >= 11 is 0. The quantitative estimate of drug-likeness (QED) is 0.521. The van der Waals surface area contributed by atoms with Gasteiger partial charge in [-0.1, -0.05) is 18.2 Å². The van der Waals surface area contributed by atoms with E-state index >= 15 is 0 Å². The van der Waals surface area contributed by atoms with Crippen LogP contribution < -0.4 is 19.5 Å². The lowest BCUT2D eigenvalue weighted by Crippen LogP contribution is -2.38. The van der Waals surface area contributed by atoms with Crippen LogP contribution in [0, 0.1) is 11.3 Å². The Labute approximate surface area is 181 Å². The van der Waals surface area contributed by atoms with Crippen LogP contribution in [0.3, 0.4) is 0 Å². The highest BCUT2D eigenvalue weighted by molar-refractivity contribution is 7.91. The first-order valence-electron chi connectivity index (χ1n) is 9.26. The van der Waals surface area contributed by atoms with Crippen LogP contribution in [0.25, 0.3) is 0 Å². The van der Waals surface area contributed by atoms with Crippen molar-refractivity contribution < 1.29 is 32.5 Å². The monoisotopic (exact) mass is 448 g/mol. The third-order valence-electron chi connectivity index (χ3n) is 4.16. The van der Waals surface area contributed by atoms with Gasteiger partial charge < -0.3 is 24.6 Å². The fourth-order valence-electron chi connectivity index (χ4n) is 2.66. The molecule has 2 rings (SSSR count). The molecule has 0 radical (unpaired) electrons. The molecule has 2 aromatic carbocycles. The number of para-hydroxylation sites is 1. The van der Waals surface area contributed by atoms with Crippen LogP contribution in [-0.2, 0) is 20.4 Å². The molecule has 1 atom stereocenters. The minimum Gasteiger partial charge on any atom is -0.493 e. The van der Waals surface area contributed by atoms with E-state index in [9.17, 15) is 18.3 Å². The Morgan fingerprint density at radius 1 is 1.13 bits per heavy atom. The predicted octanol–water partition coefficient (Wildman–Crippen LogP) is 1.05. The van der Waals surface area contributed by atoms with Crippen molar-refractivity contribution >= 4 is 15.7 Å². The van der Waals surface area contributed by atoms with Gasteiger partial charge in [-0.15, -0.1) is 0 Å². The zero-order valence-corrected chi connectivity index (χ0v) is 18.0. The minimum atomic E-state index is -3.72. The Kier molecular flexibility index (Phi) is 8.66. The molecule has 2 aromatic rings. The van der Waals surface area contributed by atoms with Crippen LogP contribution in [0.4, 0.5) is 0 Å². The highest BCUT2D eigenvalue weighted by atomic mass is 32.2. The summed E-state index contributed by atoms with van der Waals surface area (Å²) in [5, 5.41) is 21.2. The lowest BCUT2D eigenvalue weighted by Gasteiger charge is -2.17. The zero-order chi connectivity index (χ0) is 22.9. The number of carbonyl (C=O) groups excluding carboxylic acids is 1. The number of hydrogen-bond donors (Lipinski definition) is 2. The Hall–Kier alpha value is -3.29. The predicted molar refractivity (Wildman–Crippen MR) is 113 cm³/mol. The third-order valence-corrected chi connectivity index (χ3v) is 5.63. The Balaban J connectivity index is 1.83. The second kappa shape index (κ2) is 11.2. The number of hydrogen-bond acceptors (Lipinski definition) is 8. The lowest BCUT2D eigenvalue weighted by molar-refractivity contribution is -0.119. The smallest absolute Gasteiger partial charge is 0.235 e. The number of nitrogens with zero attached hydrogens (tertiary/aromatic N) is 1. The number of nitriles is 1. The van der Waals surface area contributed by atoms with E-state index < -0.39 is 27.6 Å². The summed E-state index contributed by atoms with van der Waals surface area (Å²) in [4.78, 5) is 12.0. The van der Waals surface area contributed by atoms with Crippen LogP contribution in [0.5, 0.6) is 17.2 Å². The summed E-state index contributed by atoms with van der Waals surface area (Å²) in [6, 6.07) is 13.1. The molecule has 1 unspecified atom stereocenters. The number of aliphatic hydroxyl groups is 1. The first kappa shape index (κ1) is 24.0. The molecule has 0 spiro atoms. The second-order valence-corrected chi connectivity index (χ2v) is 8.67. The standard InChI is InChI=1S/C21H24N2O7S/c1-28-18-4-3-5-19(29-2)21(18)30-12-17(24)11-23-20(25)14-31(26,27)13-16-8-6-15(10-22)7-9-16/h3-9,17,24H,11-14H2,1-2H3,(H,23,25). The average molecular weight is 448 g/mol. The molecule has 0 aliphatic carbocycles. The molecule has 10 heteroatoms. The Bertz CT molecular complexity index is 1010. The molecule has 0 aliphatic rings. The van der Waals surface area contributed by atoms with Gasteiger partial charge in [-0.3, -0.25) is 4.79 Å². The number of carbonyl (C=O) groups is 1. The van der Waals surface area contributed by atoms with E-state index in [1.807, 2.05) is 6.07 Å². The third kappa shape index (κ3) is 7.47. The van der Waals surface area contributed by atoms with Gasteiger partial charge in [0.1, 0.15) is 18.5 Å². The van der Waals surface area contributed by atoms with Gasteiger partial charge in [-0.2, -0.15) is 5.26 Å². The van der Waals surface area contributed by atoms with Gasteiger partial charge in [0.25, 0.3) is 0 Å². The summed E-state index contributed by atoms with van der Waals surface area (Å²) in [5.74, 6) is -0.633. The Morgan fingerprint density at radius 2 is 1.74 bits per heavy atom. The number of benzene rings is 2. The largest absolute Gasteiger partial charge is 0.493 e. The van der Waals surface area contributed by atoms with E-state index in [1.54, 1.807) is 18.2 Å². The molecule has 0 aromatic heterocycles. The molecule has 166 valence electrons. The molecule has 0 fully saturated rings. The normalized spacial score (nSPS) is 11.8. The molecular formula is C21H24N2O7S. The zero-order valence-electron chi connectivity index (χ0n) is 17.2. The SMILES string of the molecule is COc1cccc(OC)c1OCC(O)CNC(=O)CS(=O)(=O)Cc1ccc(C#N)cc1. The van der Waals surface area contributed by atoms with Crippen LogP contribution >= 0.6 is 0 Å². The van der Waals surface area contributed by atoms with Gasteiger partial charge in [0.15, 0.2) is 21.3 Å². The summed E-state index contributed by atoms with van der Waals surface area (Å²) in [7, 11) is -0.778. The fraction of sp³-hybridized carbons (Fsp3) is 0.333. The Morgan fingerprint density at radius 3 is 2.29 bits per heavy atom. The van der Waals surface area contributed by atoms with E-state index in [1.165, 1.54) is 38.5 Å².